The molecule has 0 spiro atoms. The zero-order valence-electron chi connectivity index (χ0n) is 31.5. The lowest BCUT2D eigenvalue weighted by Crippen LogP contribution is -2.41. The summed E-state index contributed by atoms with van der Waals surface area (Å²) in [4.78, 5) is 77.4. The number of imide groups is 2. The lowest BCUT2D eigenvalue weighted by molar-refractivity contribution is -0.126. The Bertz CT molecular complexity index is 2120. The van der Waals surface area contributed by atoms with Crippen molar-refractivity contribution in [2.45, 2.75) is 12.2 Å². The van der Waals surface area contributed by atoms with Gasteiger partial charge in [0, 0.05) is 42.4 Å². The third kappa shape index (κ3) is 9.05. The van der Waals surface area contributed by atoms with E-state index in [2.05, 4.69) is 5.32 Å². The molecule has 58 heavy (non-hydrogen) atoms. The van der Waals surface area contributed by atoms with E-state index < -0.39 is 6.10 Å². The second kappa shape index (κ2) is 17.8. The molecule has 0 radical (unpaired) electrons. The molecular weight excluding hydrogens is 748 g/mol. The molecule has 0 aromatic heterocycles. The van der Waals surface area contributed by atoms with Gasteiger partial charge in [-0.15, -0.1) is 0 Å². The normalized spacial score (nSPS) is 18.9. The summed E-state index contributed by atoms with van der Waals surface area (Å²) in [6, 6.07) is 28.1. The SMILES string of the molecule is Nc1ccc(N2CCOCC2=O)cc1.O=C1c2ccccc2C(=O)N1C[C@@H](O)CNc1ccc(N2CCOCC2=O)cc1.O=C1c2ccccc2C(=O)N1C[C@H]1CO1. The molecule has 0 saturated carbocycles. The van der Waals surface area contributed by atoms with E-state index in [-0.39, 0.29) is 67.9 Å². The van der Waals surface area contributed by atoms with E-state index in [1.165, 1.54) is 4.90 Å². The molecule has 5 aliphatic rings. The highest BCUT2D eigenvalue weighted by atomic mass is 16.6. The highest BCUT2D eigenvalue weighted by Crippen LogP contribution is 2.26. The fraction of sp³-hybridized carbons (Fsp3) is 0.286. The third-order valence-corrected chi connectivity index (χ3v) is 9.84. The Hall–Kier alpha value is -6.46. The number of carbonyl (C=O) groups excluding carboxylic acids is 6. The molecule has 3 saturated heterocycles. The molecule has 5 heterocycles. The first-order valence-corrected chi connectivity index (χ1v) is 18.7. The number of β-amino-alcohol motifs (C(OH)–C–C–N with tert-alkyl or cyclic N) is 1. The van der Waals surface area contributed by atoms with Crippen molar-refractivity contribution in [1.82, 2.24) is 9.80 Å². The largest absolute Gasteiger partial charge is 0.399 e. The second-order valence-electron chi connectivity index (χ2n) is 13.9. The molecule has 0 aliphatic carbocycles. The third-order valence-electron chi connectivity index (χ3n) is 9.84. The number of fused-ring (bicyclic) bond motifs is 2. The van der Waals surface area contributed by atoms with E-state index >= 15 is 0 Å². The lowest BCUT2D eigenvalue weighted by Gasteiger charge is -2.27. The number of nitrogen functional groups attached to an aromatic ring is 1. The van der Waals surface area contributed by atoms with Crippen molar-refractivity contribution in [3.05, 3.63) is 119 Å². The predicted octanol–water partition coefficient (Wildman–Crippen LogP) is 2.43. The molecule has 5 aliphatic heterocycles. The van der Waals surface area contributed by atoms with Crippen molar-refractivity contribution in [2.24, 2.45) is 0 Å². The number of amides is 6. The number of nitrogens with one attached hydrogen (secondary N) is 1. The van der Waals surface area contributed by atoms with Gasteiger partial charge in [0.2, 0.25) is 0 Å². The minimum atomic E-state index is -0.919. The van der Waals surface area contributed by atoms with Crippen LogP contribution in [0.4, 0.5) is 22.7 Å². The van der Waals surface area contributed by atoms with E-state index in [1.807, 2.05) is 36.4 Å². The van der Waals surface area contributed by atoms with Crippen molar-refractivity contribution in [3.63, 3.8) is 0 Å². The van der Waals surface area contributed by atoms with Crippen LogP contribution in [0.1, 0.15) is 41.4 Å². The van der Waals surface area contributed by atoms with Crippen LogP contribution in [0.3, 0.4) is 0 Å². The first-order chi connectivity index (χ1) is 28.1. The summed E-state index contributed by atoms with van der Waals surface area (Å²) in [6.07, 6.45) is -0.870. The molecule has 16 heteroatoms. The van der Waals surface area contributed by atoms with E-state index in [4.69, 9.17) is 19.9 Å². The summed E-state index contributed by atoms with van der Waals surface area (Å²) in [5.74, 6) is -1.25. The van der Waals surface area contributed by atoms with Crippen LogP contribution in [0.2, 0.25) is 0 Å². The van der Waals surface area contributed by atoms with Gasteiger partial charge in [-0.2, -0.15) is 0 Å². The Balaban J connectivity index is 0.000000147. The van der Waals surface area contributed by atoms with E-state index in [0.717, 1.165) is 22.0 Å². The van der Waals surface area contributed by atoms with Gasteiger partial charge in [0.05, 0.1) is 67.4 Å². The lowest BCUT2D eigenvalue weighted by atomic mass is 10.1. The number of epoxide rings is 1. The van der Waals surface area contributed by atoms with Gasteiger partial charge in [-0.25, -0.2) is 0 Å². The summed E-state index contributed by atoms with van der Waals surface area (Å²) in [5, 5.41) is 13.4. The number of rotatable bonds is 9. The second-order valence-corrected chi connectivity index (χ2v) is 13.9. The highest BCUT2D eigenvalue weighted by molar-refractivity contribution is 6.22. The molecule has 300 valence electrons. The number of ether oxygens (including phenoxy) is 3. The average molecular weight is 791 g/mol. The standard InChI is InChI=1S/C21H21N3O5.C11H9NO3.C10H12N2O2/c25-16(12-24-20(27)17-3-1-2-4-18(17)21(24)28)11-22-14-5-7-15(8-6-14)23-9-10-29-13-19(23)26;13-10-8-3-1-2-4-9(8)11(14)12(10)5-7-6-15-7;11-8-1-3-9(4-2-8)12-5-6-14-7-10(12)13/h1-8,16,22,25H,9-13H2;1-4,7H,5-6H2;1-4H,5-7,11H2/t16-;7-;/m00./s1. The van der Waals surface area contributed by atoms with Crippen molar-refractivity contribution in [1.29, 1.82) is 0 Å². The van der Waals surface area contributed by atoms with Crippen molar-refractivity contribution >= 4 is 58.2 Å². The number of aliphatic hydroxyl groups excluding tert-OH is 1. The van der Waals surface area contributed by atoms with Crippen LogP contribution in [-0.4, -0.2) is 128 Å². The fourth-order valence-corrected chi connectivity index (χ4v) is 6.69. The minimum Gasteiger partial charge on any atom is -0.399 e. The number of morpholine rings is 2. The van der Waals surface area contributed by atoms with Gasteiger partial charge in [-0.1, -0.05) is 24.3 Å². The highest BCUT2D eigenvalue weighted by Gasteiger charge is 2.39. The summed E-state index contributed by atoms with van der Waals surface area (Å²) in [5.41, 5.74) is 10.4. The smallest absolute Gasteiger partial charge is 0.261 e. The summed E-state index contributed by atoms with van der Waals surface area (Å²) < 4.78 is 15.2. The topological polar surface area (TPSA) is 205 Å². The maximum atomic E-state index is 12.4. The molecule has 0 bridgehead atoms. The maximum absolute atomic E-state index is 12.4. The summed E-state index contributed by atoms with van der Waals surface area (Å²) >= 11 is 0. The van der Waals surface area contributed by atoms with E-state index in [0.29, 0.717) is 67.4 Å². The van der Waals surface area contributed by atoms with Crippen LogP contribution in [0, 0.1) is 0 Å². The predicted molar refractivity (Wildman–Crippen MR) is 211 cm³/mol. The quantitative estimate of drug-likeness (QED) is 0.127. The monoisotopic (exact) mass is 790 g/mol. The molecule has 6 amide bonds. The van der Waals surface area contributed by atoms with Gasteiger partial charge in [0.1, 0.15) is 13.2 Å². The van der Waals surface area contributed by atoms with Crippen LogP contribution in [0.15, 0.2) is 97.1 Å². The Morgan fingerprint density at radius 2 is 1.07 bits per heavy atom. The molecule has 4 aromatic rings. The molecule has 2 atom stereocenters. The van der Waals surface area contributed by atoms with Gasteiger partial charge in [0.25, 0.3) is 35.4 Å². The molecular formula is C42H42N6O10. The van der Waals surface area contributed by atoms with Gasteiger partial charge in [-0.05, 0) is 72.8 Å². The Morgan fingerprint density at radius 3 is 1.50 bits per heavy atom. The van der Waals surface area contributed by atoms with Crippen LogP contribution in [-0.2, 0) is 23.8 Å². The van der Waals surface area contributed by atoms with Crippen LogP contribution in [0.5, 0.6) is 0 Å². The Morgan fingerprint density at radius 1 is 0.638 bits per heavy atom. The van der Waals surface area contributed by atoms with Gasteiger partial charge >= 0.3 is 0 Å². The minimum absolute atomic E-state index is 0.000946. The molecule has 9 rings (SSSR count). The van der Waals surface area contributed by atoms with Gasteiger partial charge in [0.15, 0.2) is 0 Å². The number of hydrogen-bond acceptors (Lipinski definition) is 12. The van der Waals surface area contributed by atoms with E-state index in [1.54, 1.807) is 70.5 Å². The molecule has 4 aromatic carbocycles. The van der Waals surface area contributed by atoms with Crippen LogP contribution in [0.25, 0.3) is 0 Å². The summed E-state index contributed by atoms with van der Waals surface area (Å²) in [6.45, 7) is 3.61. The van der Waals surface area contributed by atoms with Crippen LogP contribution < -0.4 is 20.9 Å². The number of anilines is 4. The van der Waals surface area contributed by atoms with Gasteiger partial charge in [-0.3, -0.25) is 38.6 Å². The van der Waals surface area contributed by atoms with Crippen molar-refractivity contribution < 1.29 is 48.1 Å². The first-order valence-electron chi connectivity index (χ1n) is 18.7. The first kappa shape index (κ1) is 39.8. The Kier molecular flexibility index (Phi) is 12.2. The van der Waals surface area contributed by atoms with E-state index in [9.17, 15) is 33.9 Å². The van der Waals surface area contributed by atoms with Crippen LogP contribution >= 0.6 is 0 Å². The number of benzene rings is 4. The summed E-state index contributed by atoms with van der Waals surface area (Å²) in [7, 11) is 0. The number of hydrogen-bond donors (Lipinski definition) is 3. The average Bonchev–Trinajstić information content (AvgIpc) is 4.01. The number of nitrogens with two attached hydrogens (primary N) is 1. The number of nitrogens with zero attached hydrogens (tertiary/aromatic N) is 4. The maximum Gasteiger partial charge on any atom is 0.261 e. The Labute approximate surface area is 333 Å². The number of carbonyl (C=O) groups is 6. The number of aliphatic hydroxyl groups is 1. The van der Waals surface area contributed by atoms with Gasteiger partial charge < -0.3 is 40.2 Å². The van der Waals surface area contributed by atoms with Crippen molar-refractivity contribution in [2.75, 3.05) is 86.6 Å². The zero-order chi connectivity index (χ0) is 40.8. The molecule has 4 N–H and O–H groups in total. The molecule has 16 nitrogen and oxygen atoms in total. The molecule has 0 unspecified atom stereocenters. The fourth-order valence-electron chi connectivity index (χ4n) is 6.69. The van der Waals surface area contributed by atoms with Crippen molar-refractivity contribution in [3.8, 4) is 0 Å². The zero-order valence-corrected chi connectivity index (χ0v) is 31.5. The molecule has 3 fully saturated rings.